The molecule has 2 aliphatic heterocycles. The summed E-state index contributed by atoms with van der Waals surface area (Å²) in [6.45, 7) is 3.46. The number of rotatable bonds is 1. The fraction of sp³-hybridized carbons (Fsp3) is 0.833. The lowest BCUT2D eigenvalue weighted by molar-refractivity contribution is 0.131. The predicted molar refractivity (Wildman–Crippen MR) is 71.9 cm³/mol. The second-order valence-corrected chi connectivity index (χ2v) is 5.47. The molecule has 17 heavy (non-hydrogen) atoms. The molecule has 2 aliphatic rings. The highest BCUT2D eigenvalue weighted by molar-refractivity contribution is 7.80. The van der Waals surface area contributed by atoms with E-state index in [9.17, 15) is 4.79 Å². The zero-order valence-corrected chi connectivity index (χ0v) is 11.0. The average Bonchev–Trinajstić information content (AvgIpc) is 2.39. The zero-order valence-electron chi connectivity index (χ0n) is 10.2. The number of urea groups is 1. The highest BCUT2D eigenvalue weighted by atomic mass is 32.1. The van der Waals surface area contributed by atoms with E-state index in [0.29, 0.717) is 10.9 Å². The highest BCUT2D eigenvalue weighted by Crippen LogP contribution is 2.20. The van der Waals surface area contributed by atoms with Gasteiger partial charge in [0.2, 0.25) is 0 Å². The minimum atomic E-state index is 0.214. The Hall–Kier alpha value is -0.840. The van der Waals surface area contributed by atoms with Gasteiger partial charge < -0.3 is 15.5 Å². The molecule has 0 aromatic heterocycles. The van der Waals surface area contributed by atoms with Gasteiger partial charge in [-0.05, 0) is 32.1 Å². The molecule has 0 aromatic carbocycles. The number of hydrogen-bond donors (Lipinski definition) is 1. The van der Waals surface area contributed by atoms with Crippen molar-refractivity contribution >= 4 is 23.2 Å². The van der Waals surface area contributed by atoms with Gasteiger partial charge in [0, 0.05) is 32.1 Å². The van der Waals surface area contributed by atoms with Crippen LogP contribution in [0.5, 0.6) is 0 Å². The van der Waals surface area contributed by atoms with Crippen molar-refractivity contribution in [3.63, 3.8) is 0 Å². The molecule has 0 aliphatic carbocycles. The van der Waals surface area contributed by atoms with Crippen LogP contribution in [0.4, 0.5) is 4.79 Å². The van der Waals surface area contributed by atoms with E-state index in [4.69, 9.17) is 18.0 Å². The number of thiocarbonyl (C=S) groups is 1. The van der Waals surface area contributed by atoms with Crippen molar-refractivity contribution in [3.05, 3.63) is 0 Å². The second-order valence-electron chi connectivity index (χ2n) is 4.99. The fourth-order valence-corrected chi connectivity index (χ4v) is 2.88. The van der Waals surface area contributed by atoms with Gasteiger partial charge in [-0.2, -0.15) is 0 Å². The minimum Gasteiger partial charge on any atom is -0.393 e. The summed E-state index contributed by atoms with van der Waals surface area (Å²) in [4.78, 5) is 16.8. The van der Waals surface area contributed by atoms with Crippen LogP contribution < -0.4 is 5.73 Å². The molecule has 0 spiro atoms. The molecule has 0 atom stereocenters. The van der Waals surface area contributed by atoms with Crippen LogP contribution in [-0.4, -0.2) is 47.0 Å². The van der Waals surface area contributed by atoms with Gasteiger partial charge in [-0.25, -0.2) is 4.79 Å². The lowest BCUT2D eigenvalue weighted by atomic mass is 9.97. The molecule has 2 heterocycles. The fourth-order valence-electron chi connectivity index (χ4n) is 2.64. The molecule has 2 N–H and O–H groups in total. The van der Waals surface area contributed by atoms with E-state index in [-0.39, 0.29) is 6.03 Å². The summed E-state index contributed by atoms with van der Waals surface area (Å²) in [6, 6.07) is 0.214. The van der Waals surface area contributed by atoms with E-state index < -0.39 is 0 Å². The first-order valence-electron chi connectivity index (χ1n) is 6.51. The van der Waals surface area contributed by atoms with E-state index in [1.807, 2.05) is 9.80 Å². The third kappa shape index (κ3) is 3.09. The van der Waals surface area contributed by atoms with Crippen LogP contribution in [-0.2, 0) is 0 Å². The lowest BCUT2D eigenvalue weighted by Gasteiger charge is -2.36. The summed E-state index contributed by atoms with van der Waals surface area (Å²) < 4.78 is 0. The molecule has 96 valence electrons. The van der Waals surface area contributed by atoms with Crippen molar-refractivity contribution in [2.45, 2.75) is 32.1 Å². The van der Waals surface area contributed by atoms with Gasteiger partial charge in [0.05, 0.1) is 4.99 Å². The van der Waals surface area contributed by atoms with Crippen molar-refractivity contribution in [1.82, 2.24) is 9.80 Å². The minimum absolute atomic E-state index is 0.214. The maximum atomic E-state index is 12.2. The molecule has 2 amide bonds. The van der Waals surface area contributed by atoms with E-state index in [2.05, 4.69) is 0 Å². The molecule has 2 rings (SSSR count). The Balaban J connectivity index is 1.83. The Labute approximate surface area is 108 Å². The van der Waals surface area contributed by atoms with Gasteiger partial charge >= 0.3 is 6.03 Å². The molecule has 5 heteroatoms. The summed E-state index contributed by atoms with van der Waals surface area (Å²) in [5.41, 5.74) is 5.65. The van der Waals surface area contributed by atoms with Gasteiger partial charge in [0.15, 0.2) is 0 Å². The van der Waals surface area contributed by atoms with Crippen LogP contribution in [0.1, 0.15) is 32.1 Å². The Morgan fingerprint density at radius 2 is 1.53 bits per heavy atom. The van der Waals surface area contributed by atoms with Crippen LogP contribution in [0.2, 0.25) is 0 Å². The number of carbonyl (C=O) groups is 1. The summed E-state index contributed by atoms with van der Waals surface area (Å²) >= 11 is 5.01. The zero-order chi connectivity index (χ0) is 12.3. The smallest absolute Gasteiger partial charge is 0.319 e. The largest absolute Gasteiger partial charge is 0.393 e. The first-order valence-corrected chi connectivity index (χ1v) is 6.92. The molecule has 4 nitrogen and oxygen atoms in total. The monoisotopic (exact) mass is 255 g/mol. The van der Waals surface area contributed by atoms with Gasteiger partial charge in [0.25, 0.3) is 0 Å². The van der Waals surface area contributed by atoms with Crippen LogP contribution >= 0.6 is 12.2 Å². The van der Waals surface area contributed by atoms with Gasteiger partial charge in [-0.1, -0.05) is 12.2 Å². The standard InChI is InChI=1S/C12H21N3OS/c13-11(17)10-4-8-15(9-5-10)12(16)14-6-2-1-3-7-14/h10H,1-9H2,(H2,13,17). The topological polar surface area (TPSA) is 49.6 Å². The SMILES string of the molecule is NC(=S)C1CCN(C(=O)N2CCCCC2)CC1. The second kappa shape index (κ2) is 5.67. The molecular formula is C12H21N3OS. The molecule has 0 radical (unpaired) electrons. The first kappa shape index (κ1) is 12.6. The van der Waals surface area contributed by atoms with E-state index in [1.165, 1.54) is 6.42 Å². The maximum Gasteiger partial charge on any atom is 0.319 e. The number of amides is 2. The summed E-state index contributed by atoms with van der Waals surface area (Å²) in [6.07, 6.45) is 5.40. The number of hydrogen-bond acceptors (Lipinski definition) is 2. The quantitative estimate of drug-likeness (QED) is 0.724. The Morgan fingerprint density at radius 1 is 1.00 bits per heavy atom. The van der Waals surface area contributed by atoms with Crippen molar-refractivity contribution in [2.24, 2.45) is 11.7 Å². The lowest BCUT2D eigenvalue weighted by Crippen LogP contribution is -2.49. The maximum absolute atomic E-state index is 12.2. The van der Waals surface area contributed by atoms with Crippen molar-refractivity contribution in [1.29, 1.82) is 0 Å². The molecule has 0 aromatic rings. The van der Waals surface area contributed by atoms with Crippen LogP contribution in [0, 0.1) is 5.92 Å². The number of nitrogens with zero attached hydrogens (tertiary/aromatic N) is 2. The molecular weight excluding hydrogens is 234 g/mol. The summed E-state index contributed by atoms with van der Waals surface area (Å²) in [7, 11) is 0. The van der Waals surface area contributed by atoms with E-state index in [0.717, 1.165) is 51.9 Å². The predicted octanol–water partition coefficient (Wildman–Crippen LogP) is 1.59. The van der Waals surface area contributed by atoms with Gasteiger partial charge in [0.1, 0.15) is 0 Å². The van der Waals surface area contributed by atoms with Crippen LogP contribution in [0.15, 0.2) is 0 Å². The number of nitrogens with two attached hydrogens (primary N) is 1. The molecule has 0 bridgehead atoms. The van der Waals surface area contributed by atoms with Crippen LogP contribution in [0.3, 0.4) is 0 Å². The van der Waals surface area contributed by atoms with E-state index >= 15 is 0 Å². The van der Waals surface area contributed by atoms with Crippen molar-refractivity contribution < 1.29 is 4.79 Å². The number of carbonyl (C=O) groups excluding carboxylic acids is 1. The third-order valence-electron chi connectivity index (χ3n) is 3.79. The Bertz CT molecular complexity index is 294. The Kier molecular flexibility index (Phi) is 4.20. The Morgan fingerprint density at radius 3 is 2.06 bits per heavy atom. The molecule has 2 saturated heterocycles. The normalized spacial score (nSPS) is 22.6. The molecule has 0 saturated carbocycles. The van der Waals surface area contributed by atoms with Crippen molar-refractivity contribution in [2.75, 3.05) is 26.2 Å². The summed E-state index contributed by atoms with van der Waals surface area (Å²) in [5, 5.41) is 0. The van der Waals surface area contributed by atoms with E-state index in [1.54, 1.807) is 0 Å². The number of piperidine rings is 2. The van der Waals surface area contributed by atoms with Gasteiger partial charge in [-0.15, -0.1) is 0 Å². The first-order chi connectivity index (χ1) is 8.18. The van der Waals surface area contributed by atoms with Crippen molar-refractivity contribution in [3.8, 4) is 0 Å². The third-order valence-corrected chi connectivity index (χ3v) is 4.13. The van der Waals surface area contributed by atoms with Gasteiger partial charge in [-0.3, -0.25) is 0 Å². The molecule has 2 fully saturated rings. The highest BCUT2D eigenvalue weighted by Gasteiger charge is 2.27. The number of likely N-dealkylation sites (tertiary alicyclic amines) is 2. The summed E-state index contributed by atoms with van der Waals surface area (Å²) in [5.74, 6) is 0.329. The average molecular weight is 255 g/mol. The van der Waals surface area contributed by atoms with Crippen LogP contribution in [0.25, 0.3) is 0 Å². The molecule has 0 unspecified atom stereocenters.